The Kier molecular flexibility index (Phi) is 7.30. The van der Waals surface area contributed by atoms with E-state index in [0.29, 0.717) is 31.1 Å². The summed E-state index contributed by atoms with van der Waals surface area (Å²) in [6.07, 6.45) is 2.62. The molecule has 1 heterocycles. The molecule has 0 aromatic heterocycles. The topological polar surface area (TPSA) is 102 Å². The largest absolute Gasteiger partial charge is 0.490 e. The van der Waals surface area contributed by atoms with Crippen molar-refractivity contribution in [3.05, 3.63) is 29.6 Å². The maximum atomic E-state index is 13.9. The normalized spacial score (nSPS) is 17.9. The lowest BCUT2D eigenvalue weighted by molar-refractivity contribution is -0.118. The molecule has 1 atom stereocenters. The van der Waals surface area contributed by atoms with E-state index in [4.69, 9.17) is 9.47 Å². The molecule has 2 aliphatic rings. The standard InChI is InChI=1S/C20H27FN2O6S/c1-14(16-5-6-17(21)18(9-16)29-11-15-3-4-15)12-30(26,27)13-28-8-2-7-23-10-19(24)22-20(23)25/h5-6,9,14-15H,2-4,7-8,10-13H2,1H3,(H,22,24,25)/t14-/m0/s1. The Morgan fingerprint density at radius 1 is 1.30 bits per heavy atom. The molecule has 0 unspecified atom stereocenters. The molecule has 10 heteroatoms. The molecule has 2 fully saturated rings. The summed E-state index contributed by atoms with van der Waals surface area (Å²) in [5, 5.41) is 2.17. The molecule has 1 aromatic carbocycles. The van der Waals surface area contributed by atoms with Gasteiger partial charge in [-0.3, -0.25) is 10.1 Å². The first kappa shape index (κ1) is 22.5. The molecule has 0 bridgehead atoms. The van der Waals surface area contributed by atoms with Gasteiger partial charge in [-0.1, -0.05) is 13.0 Å². The van der Waals surface area contributed by atoms with Crippen molar-refractivity contribution in [3.63, 3.8) is 0 Å². The van der Waals surface area contributed by atoms with Gasteiger partial charge < -0.3 is 14.4 Å². The molecule has 1 aromatic rings. The van der Waals surface area contributed by atoms with E-state index in [-0.39, 0.29) is 36.5 Å². The number of ether oxygens (including phenoxy) is 2. The van der Waals surface area contributed by atoms with Gasteiger partial charge in [-0.25, -0.2) is 17.6 Å². The zero-order valence-electron chi connectivity index (χ0n) is 16.9. The fraction of sp³-hybridized carbons (Fsp3) is 0.600. The Bertz CT molecular complexity index is 887. The van der Waals surface area contributed by atoms with Crippen LogP contribution in [0.1, 0.15) is 37.7 Å². The SMILES string of the molecule is C[C@@H](CS(=O)(=O)COCCCN1CC(=O)NC1=O)c1ccc(F)c(OCC2CC2)c1. The van der Waals surface area contributed by atoms with Gasteiger partial charge in [0.25, 0.3) is 0 Å². The maximum absolute atomic E-state index is 13.9. The molecule has 0 radical (unpaired) electrons. The van der Waals surface area contributed by atoms with Gasteiger partial charge in [-0.05, 0) is 48.8 Å². The highest BCUT2D eigenvalue weighted by atomic mass is 32.2. The third-order valence-corrected chi connectivity index (χ3v) is 6.58. The summed E-state index contributed by atoms with van der Waals surface area (Å²) in [4.78, 5) is 23.9. The van der Waals surface area contributed by atoms with Gasteiger partial charge in [0.1, 0.15) is 12.5 Å². The van der Waals surface area contributed by atoms with Crippen LogP contribution in [0.3, 0.4) is 0 Å². The van der Waals surface area contributed by atoms with Crippen molar-refractivity contribution < 1.29 is 31.9 Å². The zero-order valence-corrected chi connectivity index (χ0v) is 17.8. The molecule has 1 aliphatic carbocycles. The monoisotopic (exact) mass is 442 g/mol. The highest BCUT2D eigenvalue weighted by Crippen LogP contribution is 2.31. The minimum atomic E-state index is -3.49. The van der Waals surface area contributed by atoms with Crippen molar-refractivity contribution in [1.82, 2.24) is 10.2 Å². The van der Waals surface area contributed by atoms with E-state index in [2.05, 4.69) is 5.32 Å². The number of urea groups is 1. The second kappa shape index (κ2) is 9.74. The number of carbonyl (C=O) groups is 2. The second-order valence-corrected chi connectivity index (χ2v) is 9.97. The zero-order chi connectivity index (χ0) is 21.7. The van der Waals surface area contributed by atoms with E-state index in [1.54, 1.807) is 19.1 Å². The van der Waals surface area contributed by atoms with Crippen LogP contribution in [0.15, 0.2) is 18.2 Å². The van der Waals surface area contributed by atoms with Crippen molar-refractivity contribution in [2.45, 2.75) is 32.1 Å². The summed E-state index contributed by atoms with van der Waals surface area (Å²) in [5.74, 6) is -1.07. The molecule has 166 valence electrons. The molecule has 3 rings (SSSR count). The number of hydrogen-bond donors (Lipinski definition) is 1. The molecule has 1 aliphatic heterocycles. The van der Waals surface area contributed by atoms with Crippen LogP contribution in [0.2, 0.25) is 0 Å². The average Bonchev–Trinajstić information content (AvgIpc) is 3.44. The van der Waals surface area contributed by atoms with Crippen LogP contribution < -0.4 is 10.1 Å². The van der Waals surface area contributed by atoms with Crippen molar-refractivity contribution >= 4 is 21.8 Å². The number of sulfone groups is 1. The van der Waals surface area contributed by atoms with E-state index in [0.717, 1.165) is 12.8 Å². The molecule has 1 saturated carbocycles. The number of nitrogens with zero attached hydrogens (tertiary/aromatic N) is 1. The predicted molar refractivity (Wildman–Crippen MR) is 107 cm³/mol. The lowest BCUT2D eigenvalue weighted by Gasteiger charge is -2.15. The number of amides is 3. The average molecular weight is 443 g/mol. The summed E-state index contributed by atoms with van der Waals surface area (Å²) < 4.78 is 49.4. The van der Waals surface area contributed by atoms with Crippen molar-refractivity contribution in [2.24, 2.45) is 5.92 Å². The molecule has 1 saturated heterocycles. The Labute approximate surface area is 175 Å². The number of rotatable bonds is 12. The summed E-state index contributed by atoms with van der Waals surface area (Å²) in [6, 6.07) is 4.00. The van der Waals surface area contributed by atoms with Crippen LogP contribution in [0.25, 0.3) is 0 Å². The quantitative estimate of drug-likeness (QED) is 0.393. The number of nitrogens with one attached hydrogen (secondary N) is 1. The van der Waals surface area contributed by atoms with E-state index in [1.807, 2.05) is 0 Å². The van der Waals surface area contributed by atoms with Gasteiger partial charge in [0, 0.05) is 13.2 Å². The second-order valence-electron chi connectivity index (χ2n) is 7.91. The fourth-order valence-electron chi connectivity index (χ4n) is 3.16. The van der Waals surface area contributed by atoms with Crippen molar-refractivity contribution in [2.75, 3.05) is 38.0 Å². The highest BCUT2D eigenvalue weighted by molar-refractivity contribution is 7.91. The van der Waals surface area contributed by atoms with E-state index < -0.39 is 27.6 Å². The molecule has 3 amide bonds. The van der Waals surface area contributed by atoms with Gasteiger partial charge in [-0.2, -0.15) is 0 Å². The molecule has 8 nitrogen and oxygen atoms in total. The third kappa shape index (κ3) is 6.66. The Hall–Kier alpha value is -2.20. The van der Waals surface area contributed by atoms with Gasteiger partial charge in [0.15, 0.2) is 21.4 Å². The summed E-state index contributed by atoms with van der Waals surface area (Å²) >= 11 is 0. The van der Waals surface area contributed by atoms with E-state index in [1.165, 1.54) is 11.0 Å². The van der Waals surface area contributed by atoms with Gasteiger partial charge in [-0.15, -0.1) is 0 Å². The van der Waals surface area contributed by atoms with E-state index in [9.17, 15) is 22.4 Å². The van der Waals surface area contributed by atoms with Crippen LogP contribution in [-0.4, -0.2) is 63.3 Å². The molecular weight excluding hydrogens is 415 g/mol. The number of halogens is 1. The number of imide groups is 1. The first-order chi connectivity index (χ1) is 14.2. The lowest BCUT2D eigenvalue weighted by Crippen LogP contribution is -2.29. The minimum absolute atomic E-state index is 0.0126. The molecular formula is C20H27FN2O6S. The van der Waals surface area contributed by atoms with Crippen LogP contribution in [0.4, 0.5) is 9.18 Å². The van der Waals surface area contributed by atoms with Gasteiger partial charge >= 0.3 is 6.03 Å². The van der Waals surface area contributed by atoms with Crippen LogP contribution in [0, 0.1) is 11.7 Å². The van der Waals surface area contributed by atoms with E-state index >= 15 is 0 Å². The lowest BCUT2D eigenvalue weighted by atomic mass is 10.0. The van der Waals surface area contributed by atoms with Crippen molar-refractivity contribution in [3.8, 4) is 5.75 Å². The van der Waals surface area contributed by atoms with Gasteiger partial charge in [0.2, 0.25) is 5.91 Å². The smallest absolute Gasteiger partial charge is 0.324 e. The predicted octanol–water partition coefficient (Wildman–Crippen LogP) is 2.05. The number of hydrogen-bond acceptors (Lipinski definition) is 6. The number of carbonyl (C=O) groups excluding carboxylic acids is 2. The van der Waals surface area contributed by atoms with Gasteiger partial charge in [0.05, 0.1) is 12.4 Å². The Morgan fingerprint density at radius 3 is 2.73 bits per heavy atom. The van der Waals surface area contributed by atoms with Crippen LogP contribution in [-0.2, 0) is 19.4 Å². The minimum Gasteiger partial charge on any atom is -0.490 e. The summed E-state index contributed by atoms with van der Waals surface area (Å²) in [7, 11) is -3.49. The first-order valence-electron chi connectivity index (χ1n) is 10.0. The molecule has 0 spiro atoms. The van der Waals surface area contributed by atoms with Crippen molar-refractivity contribution in [1.29, 1.82) is 0 Å². The van der Waals surface area contributed by atoms with Crippen LogP contribution >= 0.6 is 0 Å². The first-order valence-corrected chi connectivity index (χ1v) is 11.8. The molecule has 30 heavy (non-hydrogen) atoms. The fourth-order valence-corrected chi connectivity index (χ4v) is 4.58. The van der Waals surface area contributed by atoms with Crippen LogP contribution in [0.5, 0.6) is 5.75 Å². The molecule has 1 N–H and O–H groups in total. The third-order valence-electron chi connectivity index (χ3n) is 5.05. The maximum Gasteiger partial charge on any atom is 0.324 e. The summed E-state index contributed by atoms with van der Waals surface area (Å²) in [5.41, 5.74) is 0.690. The highest BCUT2D eigenvalue weighted by Gasteiger charge is 2.26. The number of benzene rings is 1. The summed E-state index contributed by atoms with van der Waals surface area (Å²) in [6.45, 7) is 2.72. The Morgan fingerprint density at radius 2 is 2.07 bits per heavy atom. The Balaban J connectivity index is 1.42.